The molecule has 0 radical (unpaired) electrons. The van der Waals surface area contributed by atoms with Crippen molar-refractivity contribution in [2.45, 2.75) is 78.7 Å². The van der Waals surface area contributed by atoms with Gasteiger partial charge in [-0.1, -0.05) is 0 Å². The summed E-state index contributed by atoms with van der Waals surface area (Å²) < 4.78 is 10.1. The zero-order valence-corrected chi connectivity index (χ0v) is 18.1. The second kappa shape index (κ2) is 10.1. The highest BCUT2D eigenvalue weighted by molar-refractivity contribution is 8.87. The van der Waals surface area contributed by atoms with Gasteiger partial charge in [0, 0.05) is 0 Å². The molecule has 2 N–H and O–H groups in total. The molecule has 0 aliphatic carbocycles. The number of amides is 2. The molecule has 10 heteroatoms. The molecule has 0 fully saturated rings. The standard InChI is InChI=1S/C16H28N2O6S2/c1-9(17-13(21)23-15(3,4)5)11(19)25-26-12(20)10(2)18-14(22)24-16(6,7)8/h9-10H,1-8H3,(H,17,21)(H,18,22)/t9-,10-/m0/s1. The zero-order chi connectivity index (χ0) is 20.7. The lowest BCUT2D eigenvalue weighted by Crippen LogP contribution is -2.41. The Bertz CT molecular complexity index is 492. The van der Waals surface area contributed by atoms with Crippen molar-refractivity contribution in [3.63, 3.8) is 0 Å². The summed E-state index contributed by atoms with van der Waals surface area (Å²) in [5.41, 5.74) is -1.35. The Kier molecular flexibility index (Phi) is 9.50. The van der Waals surface area contributed by atoms with Crippen LogP contribution < -0.4 is 10.6 Å². The number of carbonyl (C=O) groups is 4. The normalized spacial score (nSPS) is 14.0. The van der Waals surface area contributed by atoms with E-state index in [1.165, 1.54) is 13.8 Å². The molecule has 150 valence electrons. The van der Waals surface area contributed by atoms with E-state index in [1.807, 2.05) is 0 Å². The van der Waals surface area contributed by atoms with Gasteiger partial charge in [-0.15, -0.1) is 0 Å². The van der Waals surface area contributed by atoms with E-state index in [4.69, 9.17) is 9.47 Å². The third-order valence-corrected chi connectivity index (χ3v) is 4.73. The first-order chi connectivity index (χ1) is 11.6. The molecular formula is C16H28N2O6S2. The summed E-state index contributed by atoms with van der Waals surface area (Å²) in [4.78, 5) is 47.2. The van der Waals surface area contributed by atoms with Crippen LogP contribution in [0.1, 0.15) is 55.4 Å². The molecule has 0 aromatic rings. The second-order valence-corrected chi connectivity index (χ2v) is 9.68. The van der Waals surface area contributed by atoms with Crippen LogP contribution in [0, 0.1) is 0 Å². The summed E-state index contributed by atoms with van der Waals surface area (Å²) in [5, 5.41) is 3.97. The first kappa shape index (κ1) is 24.6. The van der Waals surface area contributed by atoms with Gasteiger partial charge in [0.25, 0.3) is 0 Å². The molecule has 0 bridgehead atoms. The van der Waals surface area contributed by atoms with Gasteiger partial charge in [-0.05, 0) is 77.0 Å². The van der Waals surface area contributed by atoms with Crippen molar-refractivity contribution < 1.29 is 28.7 Å². The quantitative estimate of drug-likeness (QED) is 0.682. The number of carbonyl (C=O) groups excluding carboxylic acids is 4. The van der Waals surface area contributed by atoms with E-state index in [0.717, 1.165) is 0 Å². The first-order valence-corrected chi connectivity index (χ1v) is 10.2. The minimum atomic E-state index is -0.829. The molecule has 0 aliphatic heterocycles. The number of nitrogens with one attached hydrogen (secondary N) is 2. The van der Waals surface area contributed by atoms with E-state index in [-0.39, 0.29) is 0 Å². The fourth-order valence-corrected chi connectivity index (χ4v) is 3.24. The van der Waals surface area contributed by atoms with Gasteiger partial charge in [0.2, 0.25) is 10.2 Å². The Morgan fingerprint density at radius 2 is 0.962 bits per heavy atom. The number of rotatable bonds is 4. The average molecular weight is 409 g/mol. The van der Waals surface area contributed by atoms with E-state index >= 15 is 0 Å². The largest absolute Gasteiger partial charge is 0.444 e. The SMILES string of the molecule is C[C@H](NC(=O)OC(C)(C)C)C(=O)SSC(=O)[C@H](C)NC(=O)OC(C)(C)C. The van der Waals surface area contributed by atoms with Crippen LogP contribution >= 0.6 is 21.6 Å². The van der Waals surface area contributed by atoms with Crippen LogP contribution in [0.5, 0.6) is 0 Å². The van der Waals surface area contributed by atoms with Gasteiger partial charge in [-0.25, -0.2) is 9.59 Å². The maximum absolute atomic E-state index is 12.0. The van der Waals surface area contributed by atoms with Crippen LogP contribution in [0.25, 0.3) is 0 Å². The van der Waals surface area contributed by atoms with Crippen LogP contribution in [-0.4, -0.2) is 45.7 Å². The van der Waals surface area contributed by atoms with Crippen molar-refractivity contribution in [2.75, 3.05) is 0 Å². The molecule has 0 rings (SSSR count). The minimum Gasteiger partial charge on any atom is -0.444 e. The maximum Gasteiger partial charge on any atom is 0.408 e. The highest BCUT2D eigenvalue weighted by atomic mass is 33.1. The van der Waals surface area contributed by atoms with Crippen molar-refractivity contribution in [2.24, 2.45) is 0 Å². The molecule has 0 saturated heterocycles. The van der Waals surface area contributed by atoms with Crippen molar-refractivity contribution in [1.82, 2.24) is 10.6 Å². The average Bonchev–Trinajstić information content (AvgIpc) is 2.39. The van der Waals surface area contributed by atoms with E-state index in [1.54, 1.807) is 41.5 Å². The lowest BCUT2D eigenvalue weighted by Gasteiger charge is -2.22. The Morgan fingerprint density at radius 1 is 0.692 bits per heavy atom. The minimum absolute atomic E-state index is 0.418. The van der Waals surface area contributed by atoms with Gasteiger partial charge in [0.15, 0.2) is 0 Å². The summed E-state index contributed by atoms with van der Waals surface area (Å²) in [6, 6.07) is -1.66. The van der Waals surface area contributed by atoms with E-state index in [0.29, 0.717) is 21.6 Å². The Morgan fingerprint density at radius 3 is 1.19 bits per heavy atom. The van der Waals surface area contributed by atoms with Crippen molar-refractivity contribution in [3.8, 4) is 0 Å². The summed E-state index contributed by atoms with van der Waals surface area (Å²) in [6.07, 6.45) is -1.43. The number of hydrogen-bond acceptors (Lipinski definition) is 8. The number of ether oxygens (including phenoxy) is 2. The summed E-state index contributed by atoms with van der Waals surface area (Å²) in [6.45, 7) is 13.2. The molecule has 0 unspecified atom stereocenters. The Labute approximate surface area is 162 Å². The van der Waals surface area contributed by atoms with Crippen LogP contribution in [-0.2, 0) is 19.1 Å². The summed E-state index contributed by atoms with van der Waals surface area (Å²) in [7, 11) is 1.37. The highest BCUT2D eigenvalue weighted by Gasteiger charge is 2.25. The monoisotopic (exact) mass is 408 g/mol. The topological polar surface area (TPSA) is 111 Å². The lowest BCUT2D eigenvalue weighted by molar-refractivity contribution is -0.113. The molecular weight excluding hydrogens is 380 g/mol. The molecule has 0 aromatic heterocycles. The lowest BCUT2D eigenvalue weighted by atomic mass is 10.2. The predicted octanol–water partition coefficient (Wildman–Crippen LogP) is 3.25. The van der Waals surface area contributed by atoms with Gasteiger partial charge >= 0.3 is 12.2 Å². The molecule has 2 atom stereocenters. The van der Waals surface area contributed by atoms with E-state index in [2.05, 4.69) is 10.6 Å². The maximum atomic E-state index is 12.0. The van der Waals surface area contributed by atoms with Gasteiger partial charge < -0.3 is 20.1 Å². The van der Waals surface area contributed by atoms with Crippen LogP contribution in [0.15, 0.2) is 0 Å². The smallest absolute Gasteiger partial charge is 0.408 e. The fraction of sp³-hybridized carbons (Fsp3) is 0.750. The highest BCUT2D eigenvalue weighted by Crippen LogP contribution is 2.26. The first-order valence-electron chi connectivity index (χ1n) is 8.02. The molecule has 0 aliphatic rings. The summed E-state index contributed by atoms with van der Waals surface area (Å²) in [5.74, 6) is 0. The van der Waals surface area contributed by atoms with Gasteiger partial charge in [0.1, 0.15) is 11.2 Å². The fourth-order valence-electron chi connectivity index (χ4n) is 1.31. The second-order valence-electron chi connectivity index (χ2n) is 7.54. The third kappa shape index (κ3) is 12.0. The molecule has 26 heavy (non-hydrogen) atoms. The van der Waals surface area contributed by atoms with Gasteiger partial charge in [0.05, 0.1) is 12.1 Å². The van der Waals surface area contributed by atoms with Crippen LogP contribution in [0.4, 0.5) is 9.59 Å². The van der Waals surface area contributed by atoms with Crippen LogP contribution in [0.2, 0.25) is 0 Å². The number of alkyl carbamates (subject to hydrolysis) is 2. The molecule has 2 amide bonds. The summed E-state index contributed by atoms with van der Waals surface area (Å²) >= 11 is 0. The van der Waals surface area contributed by atoms with Crippen molar-refractivity contribution in [1.29, 1.82) is 0 Å². The van der Waals surface area contributed by atoms with Crippen molar-refractivity contribution >= 4 is 44.0 Å². The van der Waals surface area contributed by atoms with Gasteiger partial charge in [-0.2, -0.15) is 0 Å². The van der Waals surface area contributed by atoms with Crippen molar-refractivity contribution in [3.05, 3.63) is 0 Å². The molecule has 8 nitrogen and oxygen atoms in total. The number of hydrogen-bond donors (Lipinski definition) is 2. The zero-order valence-electron chi connectivity index (χ0n) is 16.4. The van der Waals surface area contributed by atoms with E-state index < -0.39 is 45.7 Å². The molecule has 0 aromatic carbocycles. The Hall–Kier alpha value is -1.42. The molecule has 0 saturated carbocycles. The molecule has 0 spiro atoms. The van der Waals surface area contributed by atoms with E-state index in [9.17, 15) is 19.2 Å². The molecule has 0 heterocycles. The third-order valence-electron chi connectivity index (χ3n) is 2.38. The van der Waals surface area contributed by atoms with Crippen LogP contribution in [0.3, 0.4) is 0 Å². The predicted molar refractivity (Wildman–Crippen MR) is 103 cm³/mol. The van der Waals surface area contributed by atoms with Gasteiger partial charge in [-0.3, -0.25) is 9.59 Å². The Balaban J connectivity index is 4.34.